The topological polar surface area (TPSA) is 42.7 Å². The summed E-state index contributed by atoms with van der Waals surface area (Å²) < 4.78 is 3.42. The fraction of sp³-hybridized carbons (Fsp3) is 0.273. The molecule has 0 aliphatic carbocycles. The second-order valence-corrected chi connectivity index (χ2v) is 5.02. The van der Waals surface area contributed by atoms with Gasteiger partial charge in [0, 0.05) is 22.2 Å². The van der Waals surface area contributed by atoms with E-state index in [1.54, 1.807) is 0 Å². The average molecular weight is 326 g/mol. The number of nitrogens with one attached hydrogen (secondary N) is 1. The van der Waals surface area contributed by atoms with E-state index in [-0.39, 0.29) is 0 Å². The minimum Gasteiger partial charge on any atom is -0.309 e. The van der Waals surface area contributed by atoms with Gasteiger partial charge in [0.1, 0.15) is 5.82 Å². The molecule has 0 saturated heterocycles. The molecule has 0 radical (unpaired) electrons. The Morgan fingerprint density at radius 1 is 1.31 bits per heavy atom. The molecule has 4 nitrogen and oxygen atoms in total. The molecule has 1 aromatic carbocycles. The molecule has 16 heavy (non-hydrogen) atoms. The van der Waals surface area contributed by atoms with Crippen molar-refractivity contribution in [3.8, 4) is 11.4 Å². The molecule has 2 heterocycles. The van der Waals surface area contributed by atoms with Gasteiger partial charge in [0.2, 0.25) is 0 Å². The van der Waals surface area contributed by atoms with Gasteiger partial charge in [-0.25, -0.2) is 0 Å². The van der Waals surface area contributed by atoms with E-state index in [0.717, 1.165) is 36.8 Å². The Balaban J connectivity index is 2.09. The number of hydrogen-bond acceptors (Lipinski definition) is 3. The fourth-order valence-corrected chi connectivity index (χ4v) is 2.48. The zero-order valence-electron chi connectivity index (χ0n) is 8.65. The van der Waals surface area contributed by atoms with Gasteiger partial charge in [0.25, 0.3) is 0 Å². The quantitative estimate of drug-likeness (QED) is 0.811. The predicted molar refractivity (Wildman–Crippen MR) is 69.9 cm³/mol. The number of hydrogen-bond donors (Lipinski definition) is 1. The standard InChI is InChI=1S/C11H11IN4/c12-9-3-1-2-8(6-9)11-15-14-10-7-13-4-5-16(10)11/h1-3,6,13H,4-5,7H2. The van der Waals surface area contributed by atoms with Crippen LogP contribution in [0.4, 0.5) is 0 Å². The van der Waals surface area contributed by atoms with E-state index in [9.17, 15) is 0 Å². The highest BCUT2D eigenvalue weighted by atomic mass is 127. The van der Waals surface area contributed by atoms with E-state index in [0.29, 0.717) is 0 Å². The molecule has 1 aliphatic rings. The third-order valence-electron chi connectivity index (χ3n) is 2.71. The van der Waals surface area contributed by atoms with Crippen molar-refractivity contribution in [2.24, 2.45) is 0 Å². The van der Waals surface area contributed by atoms with Crippen molar-refractivity contribution in [1.82, 2.24) is 20.1 Å². The molecule has 0 atom stereocenters. The van der Waals surface area contributed by atoms with Gasteiger partial charge < -0.3 is 9.88 Å². The second kappa shape index (κ2) is 4.14. The maximum atomic E-state index is 4.28. The van der Waals surface area contributed by atoms with Crippen LogP contribution in [0.3, 0.4) is 0 Å². The lowest BCUT2D eigenvalue weighted by molar-refractivity contribution is 0.508. The maximum Gasteiger partial charge on any atom is 0.164 e. The molecule has 2 aromatic rings. The number of benzene rings is 1. The summed E-state index contributed by atoms with van der Waals surface area (Å²) in [7, 11) is 0. The van der Waals surface area contributed by atoms with Crippen LogP contribution in [-0.4, -0.2) is 21.3 Å². The van der Waals surface area contributed by atoms with Crippen molar-refractivity contribution in [2.45, 2.75) is 13.1 Å². The Morgan fingerprint density at radius 3 is 3.12 bits per heavy atom. The molecule has 5 heteroatoms. The van der Waals surface area contributed by atoms with E-state index >= 15 is 0 Å². The first-order valence-electron chi connectivity index (χ1n) is 5.23. The third kappa shape index (κ3) is 1.73. The zero-order valence-corrected chi connectivity index (χ0v) is 10.8. The first-order chi connectivity index (χ1) is 7.84. The molecule has 1 aromatic heterocycles. The van der Waals surface area contributed by atoms with Crippen molar-refractivity contribution < 1.29 is 0 Å². The summed E-state index contributed by atoms with van der Waals surface area (Å²) in [5.41, 5.74) is 1.15. The molecule has 0 fully saturated rings. The summed E-state index contributed by atoms with van der Waals surface area (Å²) in [4.78, 5) is 0. The normalized spacial score (nSPS) is 14.8. The first kappa shape index (κ1) is 10.2. The van der Waals surface area contributed by atoms with Gasteiger partial charge in [-0.05, 0) is 34.7 Å². The lowest BCUT2D eigenvalue weighted by Crippen LogP contribution is -2.28. The third-order valence-corrected chi connectivity index (χ3v) is 3.38. The lowest BCUT2D eigenvalue weighted by atomic mass is 10.2. The molecule has 0 unspecified atom stereocenters. The van der Waals surface area contributed by atoms with Crippen LogP contribution in [0.5, 0.6) is 0 Å². The zero-order chi connectivity index (χ0) is 11.0. The minimum atomic E-state index is 0.816. The molecule has 0 amide bonds. The summed E-state index contributed by atoms with van der Waals surface area (Å²) in [6, 6.07) is 8.36. The van der Waals surface area contributed by atoms with Crippen LogP contribution in [0.25, 0.3) is 11.4 Å². The van der Waals surface area contributed by atoms with Gasteiger partial charge in [-0.3, -0.25) is 0 Å². The van der Waals surface area contributed by atoms with Gasteiger partial charge in [0.15, 0.2) is 5.82 Å². The van der Waals surface area contributed by atoms with Gasteiger partial charge >= 0.3 is 0 Å². The summed E-state index contributed by atoms with van der Waals surface area (Å²) in [6.07, 6.45) is 0. The highest BCUT2D eigenvalue weighted by molar-refractivity contribution is 14.1. The van der Waals surface area contributed by atoms with Crippen LogP contribution in [0.1, 0.15) is 5.82 Å². The van der Waals surface area contributed by atoms with E-state index in [2.05, 4.69) is 66.9 Å². The van der Waals surface area contributed by atoms with Crippen molar-refractivity contribution in [3.05, 3.63) is 33.7 Å². The van der Waals surface area contributed by atoms with E-state index < -0.39 is 0 Å². The summed E-state index contributed by atoms with van der Waals surface area (Å²) in [6.45, 7) is 2.75. The van der Waals surface area contributed by atoms with Crippen LogP contribution < -0.4 is 5.32 Å². The minimum absolute atomic E-state index is 0.816. The molecular formula is C11H11IN4. The molecule has 1 aliphatic heterocycles. The van der Waals surface area contributed by atoms with Crippen LogP contribution in [0.15, 0.2) is 24.3 Å². The SMILES string of the molecule is Ic1cccc(-c2nnc3n2CCNC3)c1. The van der Waals surface area contributed by atoms with Crippen molar-refractivity contribution in [2.75, 3.05) is 6.54 Å². The Hall–Kier alpha value is -0.950. The van der Waals surface area contributed by atoms with Crippen LogP contribution in [0.2, 0.25) is 0 Å². The second-order valence-electron chi connectivity index (χ2n) is 3.78. The molecule has 0 saturated carbocycles. The summed E-state index contributed by atoms with van der Waals surface area (Å²) in [5.74, 6) is 2.01. The highest BCUT2D eigenvalue weighted by Crippen LogP contribution is 2.21. The van der Waals surface area contributed by atoms with E-state index in [4.69, 9.17) is 0 Å². The number of aromatic nitrogens is 3. The number of nitrogens with zero attached hydrogens (tertiary/aromatic N) is 3. The predicted octanol–water partition coefficient (Wildman–Crippen LogP) is 1.65. The molecule has 1 N–H and O–H groups in total. The first-order valence-corrected chi connectivity index (χ1v) is 6.31. The van der Waals surface area contributed by atoms with Crippen molar-refractivity contribution >= 4 is 22.6 Å². The largest absolute Gasteiger partial charge is 0.309 e. The molecule has 3 rings (SSSR count). The lowest BCUT2D eigenvalue weighted by Gasteiger charge is -2.15. The van der Waals surface area contributed by atoms with Gasteiger partial charge in [-0.1, -0.05) is 12.1 Å². The highest BCUT2D eigenvalue weighted by Gasteiger charge is 2.16. The van der Waals surface area contributed by atoms with Crippen LogP contribution >= 0.6 is 22.6 Å². The Kier molecular flexibility index (Phi) is 2.64. The van der Waals surface area contributed by atoms with E-state index in [1.807, 2.05) is 0 Å². The Bertz CT molecular complexity index is 520. The fourth-order valence-electron chi connectivity index (χ4n) is 1.93. The van der Waals surface area contributed by atoms with Gasteiger partial charge in [-0.2, -0.15) is 0 Å². The summed E-state index contributed by atoms with van der Waals surface area (Å²) in [5, 5.41) is 11.8. The monoisotopic (exact) mass is 326 g/mol. The number of fused-ring (bicyclic) bond motifs is 1. The Labute approximate surface area is 107 Å². The van der Waals surface area contributed by atoms with Crippen LogP contribution in [0, 0.1) is 3.57 Å². The molecule has 0 bridgehead atoms. The smallest absolute Gasteiger partial charge is 0.164 e. The van der Waals surface area contributed by atoms with Crippen molar-refractivity contribution in [1.29, 1.82) is 0 Å². The molecule has 0 spiro atoms. The number of rotatable bonds is 1. The van der Waals surface area contributed by atoms with Gasteiger partial charge in [-0.15, -0.1) is 10.2 Å². The summed E-state index contributed by atoms with van der Waals surface area (Å²) >= 11 is 2.32. The van der Waals surface area contributed by atoms with Gasteiger partial charge in [0.05, 0.1) is 6.54 Å². The van der Waals surface area contributed by atoms with E-state index in [1.165, 1.54) is 3.57 Å². The van der Waals surface area contributed by atoms with Crippen molar-refractivity contribution in [3.63, 3.8) is 0 Å². The van der Waals surface area contributed by atoms with Crippen LogP contribution in [-0.2, 0) is 13.1 Å². The average Bonchev–Trinajstić information content (AvgIpc) is 2.72. The maximum absolute atomic E-state index is 4.28. The molecular weight excluding hydrogens is 315 g/mol. The number of halogens is 1. The molecule has 82 valence electrons. The Morgan fingerprint density at radius 2 is 2.25 bits per heavy atom.